The number of rotatable bonds is 12. The second kappa shape index (κ2) is 14.7. The molecule has 0 radical (unpaired) electrons. The van der Waals surface area contributed by atoms with Crippen LogP contribution in [0.25, 0.3) is 0 Å². The molecule has 43 heavy (non-hydrogen) atoms. The molecule has 4 rings (SSSR count). The molecule has 0 bridgehead atoms. The van der Waals surface area contributed by atoms with Gasteiger partial charge in [0.15, 0.2) is 0 Å². The molecule has 224 valence electrons. The predicted octanol–water partition coefficient (Wildman–Crippen LogP) is 5.96. The SMILES string of the molecule is Cc1ccc(CN(C(=O)CN(c2ccc(I)cc2)S(=O)(=O)c2ccccc2)C(Cc2ccccc2)C(=O)NC(C)C)cc1. The zero-order valence-corrected chi connectivity index (χ0v) is 27.5. The van der Waals surface area contributed by atoms with Gasteiger partial charge in [-0.2, -0.15) is 0 Å². The molecule has 4 aromatic rings. The van der Waals surface area contributed by atoms with E-state index in [-0.39, 0.29) is 29.8 Å². The van der Waals surface area contributed by atoms with Crippen LogP contribution >= 0.6 is 22.6 Å². The van der Waals surface area contributed by atoms with Gasteiger partial charge in [-0.15, -0.1) is 0 Å². The molecule has 0 saturated carbocycles. The van der Waals surface area contributed by atoms with Crippen LogP contribution in [0.1, 0.15) is 30.5 Å². The Labute approximate surface area is 268 Å². The van der Waals surface area contributed by atoms with Crippen molar-refractivity contribution in [1.29, 1.82) is 0 Å². The maximum absolute atomic E-state index is 14.4. The highest BCUT2D eigenvalue weighted by atomic mass is 127. The number of nitrogens with zero attached hydrogens (tertiary/aromatic N) is 2. The standard InChI is InChI=1S/C34H36IN3O4S/c1-25(2)36-34(40)32(22-27-10-6-4-7-11-27)37(23-28-16-14-26(3)15-17-28)33(39)24-38(30-20-18-29(35)19-21-30)43(41,42)31-12-8-5-9-13-31/h4-21,25,32H,22-24H2,1-3H3,(H,36,40). The van der Waals surface area contributed by atoms with Crippen molar-refractivity contribution in [2.75, 3.05) is 10.8 Å². The van der Waals surface area contributed by atoms with Crippen LogP contribution in [0.5, 0.6) is 0 Å². The maximum Gasteiger partial charge on any atom is 0.264 e. The number of benzene rings is 4. The number of hydrogen-bond donors (Lipinski definition) is 1. The molecule has 4 aromatic carbocycles. The van der Waals surface area contributed by atoms with E-state index in [0.717, 1.165) is 24.6 Å². The van der Waals surface area contributed by atoms with Crippen molar-refractivity contribution in [3.05, 3.63) is 129 Å². The highest BCUT2D eigenvalue weighted by Gasteiger charge is 2.34. The fourth-order valence-corrected chi connectivity index (χ4v) is 6.48. The summed E-state index contributed by atoms with van der Waals surface area (Å²) in [5, 5.41) is 2.98. The van der Waals surface area contributed by atoms with Gasteiger partial charge < -0.3 is 10.2 Å². The monoisotopic (exact) mass is 709 g/mol. The Morgan fingerprint density at radius 1 is 0.791 bits per heavy atom. The van der Waals surface area contributed by atoms with Crippen LogP contribution in [-0.4, -0.2) is 43.8 Å². The first kappa shape index (κ1) is 32.2. The van der Waals surface area contributed by atoms with Crippen molar-refractivity contribution in [3.63, 3.8) is 0 Å². The minimum absolute atomic E-state index is 0.0739. The number of carbonyl (C=O) groups excluding carboxylic acids is 2. The summed E-state index contributed by atoms with van der Waals surface area (Å²) < 4.78 is 30.0. The molecule has 1 atom stereocenters. The van der Waals surface area contributed by atoms with Gasteiger partial charge in [-0.3, -0.25) is 13.9 Å². The molecule has 1 N–H and O–H groups in total. The zero-order chi connectivity index (χ0) is 31.0. The molecular weight excluding hydrogens is 673 g/mol. The lowest BCUT2D eigenvalue weighted by Crippen LogP contribution is -2.54. The first-order valence-electron chi connectivity index (χ1n) is 14.1. The minimum Gasteiger partial charge on any atom is -0.352 e. The van der Waals surface area contributed by atoms with Gasteiger partial charge >= 0.3 is 0 Å². The number of amides is 2. The molecule has 2 amide bonds. The highest BCUT2D eigenvalue weighted by Crippen LogP contribution is 2.26. The molecule has 0 saturated heterocycles. The summed E-state index contributed by atoms with van der Waals surface area (Å²) >= 11 is 2.15. The van der Waals surface area contributed by atoms with E-state index < -0.39 is 28.5 Å². The number of carbonyl (C=O) groups is 2. The highest BCUT2D eigenvalue weighted by molar-refractivity contribution is 14.1. The lowest BCUT2D eigenvalue weighted by molar-refractivity contribution is -0.140. The van der Waals surface area contributed by atoms with E-state index in [1.807, 2.05) is 75.4 Å². The van der Waals surface area contributed by atoms with Crippen molar-refractivity contribution in [2.24, 2.45) is 0 Å². The fraction of sp³-hybridized carbons (Fsp3) is 0.235. The third-order valence-corrected chi connectivity index (χ3v) is 9.41. The Hall–Kier alpha value is -3.70. The van der Waals surface area contributed by atoms with Gasteiger partial charge in [0.2, 0.25) is 11.8 Å². The number of halogens is 1. The maximum atomic E-state index is 14.4. The Morgan fingerprint density at radius 2 is 1.37 bits per heavy atom. The topological polar surface area (TPSA) is 86.8 Å². The largest absolute Gasteiger partial charge is 0.352 e. The van der Waals surface area contributed by atoms with Crippen LogP contribution in [0.15, 0.2) is 114 Å². The summed E-state index contributed by atoms with van der Waals surface area (Å²) in [4.78, 5) is 29.7. The number of anilines is 1. The molecule has 0 aliphatic heterocycles. The summed E-state index contributed by atoms with van der Waals surface area (Å²) in [6.07, 6.45) is 0.270. The lowest BCUT2D eigenvalue weighted by atomic mass is 10.0. The van der Waals surface area contributed by atoms with Gasteiger partial charge in [0.05, 0.1) is 10.6 Å². The third-order valence-electron chi connectivity index (χ3n) is 6.90. The lowest BCUT2D eigenvalue weighted by Gasteiger charge is -2.34. The summed E-state index contributed by atoms with van der Waals surface area (Å²) in [6.45, 7) is 5.37. The smallest absolute Gasteiger partial charge is 0.264 e. The van der Waals surface area contributed by atoms with Gasteiger partial charge in [0, 0.05) is 22.6 Å². The average molecular weight is 710 g/mol. The van der Waals surface area contributed by atoms with E-state index in [2.05, 4.69) is 27.9 Å². The van der Waals surface area contributed by atoms with Crippen LogP contribution < -0.4 is 9.62 Å². The first-order valence-corrected chi connectivity index (χ1v) is 16.6. The molecule has 0 aliphatic carbocycles. The van der Waals surface area contributed by atoms with Crippen LogP contribution in [0.4, 0.5) is 5.69 Å². The average Bonchev–Trinajstić information content (AvgIpc) is 2.99. The van der Waals surface area contributed by atoms with Gasteiger partial charge in [-0.25, -0.2) is 8.42 Å². The van der Waals surface area contributed by atoms with Gasteiger partial charge in [0.1, 0.15) is 12.6 Å². The number of aryl methyl sites for hydroxylation is 1. The van der Waals surface area contributed by atoms with Crippen LogP contribution in [0.2, 0.25) is 0 Å². The van der Waals surface area contributed by atoms with Crippen LogP contribution in [0.3, 0.4) is 0 Å². The number of sulfonamides is 1. The molecule has 0 spiro atoms. The molecular formula is C34H36IN3O4S. The van der Waals surface area contributed by atoms with Crippen molar-refractivity contribution in [3.8, 4) is 0 Å². The second-order valence-corrected chi connectivity index (χ2v) is 13.8. The van der Waals surface area contributed by atoms with Gasteiger partial charge in [-0.1, -0.05) is 78.4 Å². The van der Waals surface area contributed by atoms with Crippen molar-refractivity contribution in [2.45, 2.75) is 50.7 Å². The zero-order valence-electron chi connectivity index (χ0n) is 24.5. The Kier molecular flexibility index (Phi) is 11.0. The molecule has 0 aliphatic rings. The third kappa shape index (κ3) is 8.67. The van der Waals surface area contributed by atoms with Crippen molar-refractivity contribution in [1.82, 2.24) is 10.2 Å². The normalized spacial score (nSPS) is 12.0. The van der Waals surface area contributed by atoms with E-state index in [9.17, 15) is 18.0 Å². The van der Waals surface area contributed by atoms with E-state index in [1.165, 1.54) is 17.0 Å². The van der Waals surface area contributed by atoms with Crippen LogP contribution in [-0.2, 0) is 32.6 Å². The Morgan fingerprint density at radius 3 is 1.95 bits per heavy atom. The van der Waals surface area contributed by atoms with Gasteiger partial charge in [-0.05, 0) is 90.9 Å². The molecule has 0 heterocycles. The summed E-state index contributed by atoms with van der Waals surface area (Å²) in [5.41, 5.74) is 3.15. The van der Waals surface area contributed by atoms with E-state index in [4.69, 9.17) is 0 Å². The molecule has 7 nitrogen and oxygen atoms in total. The molecule has 1 unspecified atom stereocenters. The van der Waals surface area contributed by atoms with E-state index in [0.29, 0.717) is 5.69 Å². The number of hydrogen-bond acceptors (Lipinski definition) is 4. The minimum atomic E-state index is -4.12. The van der Waals surface area contributed by atoms with E-state index in [1.54, 1.807) is 42.5 Å². The summed E-state index contributed by atoms with van der Waals surface area (Å²) in [7, 11) is -4.12. The van der Waals surface area contributed by atoms with Crippen molar-refractivity contribution >= 4 is 50.1 Å². The molecule has 0 aromatic heterocycles. The molecule has 0 fully saturated rings. The molecule has 9 heteroatoms. The van der Waals surface area contributed by atoms with Crippen LogP contribution in [0, 0.1) is 10.5 Å². The van der Waals surface area contributed by atoms with Gasteiger partial charge in [0.25, 0.3) is 10.0 Å². The van der Waals surface area contributed by atoms with E-state index >= 15 is 0 Å². The second-order valence-electron chi connectivity index (χ2n) is 10.7. The Balaban J connectivity index is 1.79. The summed E-state index contributed by atoms with van der Waals surface area (Å²) in [5.74, 6) is -0.787. The quantitative estimate of drug-likeness (QED) is 0.184. The predicted molar refractivity (Wildman–Crippen MR) is 179 cm³/mol. The first-order chi connectivity index (χ1) is 20.5. The van der Waals surface area contributed by atoms with Crippen molar-refractivity contribution < 1.29 is 18.0 Å². The Bertz CT molecular complexity index is 1610. The fourth-order valence-electron chi connectivity index (χ4n) is 4.68. The summed E-state index contributed by atoms with van der Waals surface area (Å²) in [6, 6.07) is 31.3. The number of nitrogens with one attached hydrogen (secondary N) is 1.